The van der Waals surface area contributed by atoms with Crippen molar-refractivity contribution in [2.75, 3.05) is 6.54 Å². The molecule has 1 aromatic heterocycles. The Labute approximate surface area is 183 Å². The maximum Gasteiger partial charge on any atom is 0.251 e. The molecular weight excluding hydrogens is 398 g/mol. The van der Waals surface area contributed by atoms with Crippen LogP contribution in [-0.4, -0.2) is 39.2 Å². The van der Waals surface area contributed by atoms with Crippen molar-refractivity contribution in [1.82, 2.24) is 25.4 Å². The van der Waals surface area contributed by atoms with Crippen LogP contribution in [0.15, 0.2) is 24.3 Å². The van der Waals surface area contributed by atoms with E-state index in [0.717, 1.165) is 17.9 Å². The van der Waals surface area contributed by atoms with Gasteiger partial charge in [-0.1, -0.05) is 46.8 Å². The van der Waals surface area contributed by atoms with Gasteiger partial charge in [-0.2, -0.15) is 5.10 Å². The molecule has 0 aliphatic carbocycles. The van der Waals surface area contributed by atoms with E-state index in [-0.39, 0.29) is 23.1 Å². The number of amides is 2. The normalized spacial score (nSPS) is 12.6. The first-order valence-electron chi connectivity index (χ1n) is 10.4. The lowest BCUT2D eigenvalue weighted by molar-refractivity contribution is -0.123. The number of benzene rings is 1. The van der Waals surface area contributed by atoms with Crippen LogP contribution in [0.3, 0.4) is 0 Å². The third-order valence-corrected chi connectivity index (χ3v) is 5.36. The van der Waals surface area contributed by atoms with Gasteiger partial charge in [0.05, 0.1) is 0 Å². The SMILES string of the molecule is CCn1c(CCNC(=O)C(NC(=O)c2ccc(C(C)(C)C)cc2)C(C)C)n[nH]c1=S. The third-order valence-electron chi connectivity index (χ3n) is 5.05. The summed E-state index contributed by atoms with van der Waals surface area (Å²) in [6.07, 6.45) is 0.555. The zero-order valence-corrected chi connectivity index (χ0v) is 19.5. The second kappa shape index (κ2) is 10.0. The molecule has 8 heteroatoms. The number of rotatable bonds is 8. The molecule has 0 bridgehead atoms. The molecule has 1 atom stereocenters. The molecule has 1 unspecified atom stereocenters. The van der Waals surface area contributed by atoms with Crippen molar-refractivity contribution in [2.24, 2.45) is 5.92 Å². The minimum Gasteiger partial charge on any atom is -0.354 e. The average molecular weight is 432 g/mol. The van der Waals surface area contributed by atoms with E-state index in [2.05, 4.69) is 41.6 Å². The maximum absolute atomic E-state index is 12.7. The predicted octanol–water partition coefficient (Wildman–Crippen LogP) is 3.37. The van der Waals surface area contributed by atoms with Crippen LogP contribution in [0.1, 0.15) is 63.3 Å². The summed E-state index contributed by atoms with van der Waals surface area (Å²) in [5.74, 6) is 0.290. The van der Waals surface area contributed by atoms with Gasteiger partial charge in [-0.15, -0.1) is 0 Å². The molecule has 3 N–H and O–H groups in total. The highest BCUT2D eigenvalue weighted by Gasteiger charge is 2.25. The number of carbonyl (C=O) groups is 2. The Morgan fingerprint density at radius 1 is 1.20 bits per heavy atom. The van der Waals surface area contributed by atoms with Crippen LogP contribution in [0, 0.1) is 10.7 Å². The van der Waals surface area contributed by atoms with Crippen LogP contribution in [0.5, 0.6) is 0 Å². The Balaban J connectivity index is 1.98. The van der Waals surface area contributed by atoms with E-state index in [1.54, 1.807) is 12.1 Å². The van der Waals surface area contributed by atoms with Crippen LogP contribution in [0.2, 0.25) is 0 Å². The molecule has 2 aromatic rings. The number of aromatic amines is 1. The molecule has 0 saturated heterocycles. The summed E-state index contributed by atoms with van der Waals surface area (Å²) in [5, 5.41) is 12.7. The fraction of sp³-hybridized carbons (Fsp3) is 0.545. The Kier molecular flexibility index (Phi) is 7.95. The third kappa shape index (κ3) is 6.01. The van der Waals surface area contributed by atoms with Gasteiger partial charge in [-0.05, 0) is 48.2 Å². The van der Waals surface area contributed by atoms with E-state index in [4.69, 9.17) is 12.2 Å². The molecule has 2 amide bonds. The van der Waals surface area contributed by atoms with Crippen LogP contribution >= 0.6 is 12.2 Å². The molecule has 0 aliphatic rings. The largest absolute Gasteiger partial charge is 0.354 e. The van der Waals surface area contributed by atoms with Gasteiger partial charge in [-0.3, -0.25) is 14.7 Å². The number of carbonyl (C=O) groups excluding carboxylic acids is 2. The highest BCUT2D eigenvalue weighted by molar-refractivity contribution is 7.71. The fourth-order valence-corrected chi connectivity index (χ4v) is 3.44. The average Bonchev–Trinajstić information content (AvgIpc) is 3.04. The number of H-pyrrole nitrogens is 1. The molecular formula is C22H33N5O2S. The Morgan fingerprint density at radius 3 is 2.37 bits per heavy atom. The van der Waals surface area contributed by atoms with Crippen molar-refractivity contribution >= 4 is 24.0 Å². The van der Waals surface area contributed by atoms with E-state index < -0.39 is 6.04 Å². The lowest BCUT2D eigenvalue weighted by Gasteiger charge is -2.22. The molecule has 0 fully saturated rings. The highest BCUT2D eigenvalue weighted by Crippen LogP contribution is 2.22. The Morgan fingerprint density at radius 2 is 1.83 bits per heavy atom. The molecule has 0 saturated carbocycles. The zero-order chi connectivity index (χ0) is 22.5. The van der Waals surface area contributed by atoms with E-state index in [1.165, 1.54) is 0 Å². The summed E-state index contributed by atoms with van der Waals surface area (Å²) < 4.78 is 2.47. The van der Waals surface area contributed by atoms with Crippen molar-refractivity contribution < 1.29 is 9.59 Å². The van der Waals surface area contributed by atoms with E-state index >= 15 is 0 Å². The summed E-state index contributed by atoms with van der Waals surface area (Å²) in [6, 6.07) is 6.91. The second-order valence-electron chi connectivity index (χ2n) is 8.75. The highest BCUT2D eigenvalue weighted by atomic mass is 32.1. The zero-order valence-electron chi connectivity index (χ0n) is 18.7. The van der Waals surface area contributed by atoms with Crippen LogP contribution < -0.4 is 10.6 Å². The number of aromatic nitrogens is 3. The van der Waals surface area contributed by atoms with Crippen molar-refractivity contribution in [3.8, 4) is 0 Å². The van der Waals surface area contributed by atoms with E-state index in [1.807, 2.05) is 37.5 Å². The van der Waals surface area contributed by atoms with Crippen molar-refractivity contribution in [1.29, 1.82) is 0 Å². The minimum absolute atomic E-state index is 0.0194. The molecule has 0 radical (unpaired) electrons. The summed E-state index contributed by atoms with van der Waals surface area (Å²) >= 11 is 5.18. The second-order valence-corrected chi connectivity index (χ2v) is 9.14. The number of hydrogen-bond acceptors (Lipinski definition) is 4. The number of nitrogens with one attached hydrogen (secondary N) is 3. The van der Waals surface area contributed by atoms with Gasteiger partial charge in [0.15, 0.2) is 4.77 Å². The monoisotopic (exact) mass is 431 g/mol. The lowest BCUT2D eigenvalue weighted by Crippen LogP contribution is -2.50. The fourth-order valence-electron chi connectivity index (χ4n) is 3.16. The first kappa shape index (κ1) is 23.8. The van der Waals surface area contributed by atoms with Gasteiger partial charge in [0, 0.05) is 25.1 Å². The maximum atomic E-state index is 12.7. The molecule has 7 nitrogen and oxygen atoms in total. The molecule has 30 heavy (non-hydrogen) atoms. The first-order chi connectivity index (χ1) is 14.0. The topological polar surface area (TPSA) is 91.8 Å². The van der Waals surface area contributed by atoms with Crippen molar-refractivity contribution in [3.63, 3.8) is 0 Å². The first-order valence-corrected chi connectivity index (χ1v) is 10.8. The standard InChI is InChI=1S/C22H33N5O2S/c1-7-27-17(25-26-21(27)30)12-13-23-20(29)18(14(2)3)24-19(28)15-8-10-16(11-9-15)22(4,5)6/h8-11,14,18H,7,12-13H2,1-6H3,(H,23,29)(H,24,28)(H,26,30). The number of hydrogen-bond donors (Lipinski definition) is 3. The molecule has 1 aromatic carbocycles. The van der Waals surface area contributed by atoms with Crippen LogP contribution in [0.4, 0.5) is 0 Å². The summed E-state index contributed by atoms with van der Waals surface area (Å²) in [7, 11) is 0. The van der Waals surface area contributed by atoms with Gasteiger partial charge in [0.2, 0.25) is 5.91 Å². The van der Waals surface area contributed by atoms with Crippen LogP contribution in [0.25, 0.3) is 0 Å². The number of nitrogens with zero attached hydrogens (tertiary/aromatic N) is 2. The molecule has 2 rings (SSSR count). The van der Waals surface area contributed by atoms with Crippen molar-refractivity contribution in [3.05, 3.63) is 46.0 Å². The van der Waals surface area contributed by atoms with Gasteiger partial charge in [0.25, 0.3) is 5.91 Å². The predicted molar refractivity (Wildman–Crippen MR) is 121 cm³/mol. The smallest absolute Gasteiger partial charge is 0.251 e. The van der Waals surface area contributed by atoms with Gasteiger partial charge in [0.1, 0.15) is 11.9 Å². The summed E-state index contributed by atoms with van der Waals surface area (Å²) in [5.41, 5.74) is 1.72. The summed E-state index contributed by atoms with van der Waals surface area (Å²) in [6.45, 7) is 13.3. The van der Waals surface area contributed by atoms with Crippen molar-refractivity contribution in [2.45, 2.75) is 66.0 Å². The van der Waals surface area contributed by atoms with E-state index in [9.17, 15) is 9.59 Å². The lowest BCUT2D eigenvalue weighted by atomic mass is 9.86. The van der Waals surface area contributed by atoms with Gasteiger partial charge < -0.3 is 15.2 Å². The van der Waals surface area contributed by atoms with Crippen LogP contribution in [-0.2, 0) is 23.2 Å². The minimum atomic E-state index is -0.619. The Bertz CT molecular complexity index is 922. The molecule has 164 valence electrons. The summed E-state index contributed by atoms with van der Waals surface area (Å²) in [4.78, 5) is 25.4. The molecule has 1 heterocycles. The molecule has 0 aliphatic heterocycles. The molecule has 0 spiro atoms. The Hall–Kier alpha value is -2.48. The van der Waals surface area contributed by atoms with Gasteiger partial charge in [-0.25, -0.2) is 0 Å². The van der Waals surface area contributed by atoms with Gasteiger partial charge >= 0.3 is 0 Å². The van der Waals surface area contributed by atoms with E-state index in [0.29, 0.717) is 23.3 Å². The quantitative estimate of drug-likeness (QED) is 0.559.